The van der Waals surface area contributed by atoms with Gasteiger partial charge in [-0.25, -0.2) is 17.5 Å². The standard InChI is InChI=1S/C47H52Cl2FN5O5S/c1-31-15-19-47(50,20-16-31)30-59-43-14-12-36(26-40(43)49)61(57,58)53-45(56)37-13-11-35(25-44(37)60-42-6-4-5-41-39(42)28-51-52-41)55-23-21-54(22-24-55)29-33-17-18-46(2,3)27-38(33)32-7-9-34(48)10-8-32/h4-14,25-26,28,31H,15-24,27,29-30H2,1-3H3,(H,51,52)(H,53,56). The van der Waals surface area contributed by atoms with Crippen molar-refractivity contribution in [2.24, 2.45) is 11.3 Å². The number of benzene rings is 4. The van der Waals surface area contributed by atoms with Crippen molar-refractivity contribution in [3.05, 3.63) is 112 Å². The molecular weight excluding hydrogens is 837 g/mol. The van der Waals surface area contributed by atoms with Crippen LogP contribution in [0, 0.1) is 11.3 Å². The smallest absolute Gasteiger partial charge is 0.268 e. The molecule has 1 aromatic heterocycles. The molecule has 14 heteroatoms. The Labute approximate surface area is 367 Å². The Balaban J connectivity index is 0.988. The van der Waals surface area contributed by atoms with Crippen LogP contribution in [0.2, 0.25) is 10.0 Å². The number of nitrogens with zero attached hydrogens (tertiary/aromatic N) is 3. The third-order valence-electron chi connectivity index (χ3n) is 12.5. The second kappa shape index (κ2) is 17.6. The number of aromatic nitrogens is 2. The van der Waals surface area contributed by atoms with E-state index in [1.54, 1.807) is 24.4 Å². The van der Waals surface area contributed by atoms with Crippen LogP contribution in [0.4, 0.5) is 10.1 Å². The number of halogens is 3. The minimum atomic E-state index is -4.40. The van der Waals surface area contributed by atoms with Crippen LogP contribution in [0.3, 0.4) is 0 Å². The molecule has 10 nitrogen and oxygen atoms in total. The predicted octanol–water partition coefficient (Wildman–Crippen LogP) is 10.9. The maximum atomic E-state index is 15.3. The number of H-pyrrole nitrogens is 1. The van der Waals surface area contributed by atoms with Gasteiger partial charge in [0, 0.05) is 49.5 Å². The van der Waals surface area contributed by atoms with Crippen LogP contribution in [-0.4, -0.2) is 74.4 Å². The van der Waals surface area contributed by atoms with Crippen LogP contribution in [0.25, 0.3) is 16.5 Å². The first-order chi connectivity index (χ1) is 29.1. The number of piperazine rings is 1. The van der Waals surface area contributed by atoms with Gasteiger partial charge in [0.2, 0.25) is 0 Å². The summed E-state index contributed by atoms with van der Waals surface area (Å²) in [6, 6.07) is 22.7. The van der Waals surface area contributed by atoms with Gasteiger partial charge in [0.1, 0.15) is 29.5 Å². The summed E-state index contributed by atoms with van der Waals surface area (Å²) in [4.78, 5) is 18.4. The molecule has 1 amide bonds. The first-order valence-electron chi connectivity index (χ1n) is 21.0. The van der Waals surface area contributed by atoms with Gasteiger partial charge >= 0.3 is 0 Å². The Morgan fingerprint density at radius 1 is 0.934 bits per heavy atom. The van der Waals surface area contributed by atoms with E-state index in [1.165, 1.54) is 34.9 Å². The molecule has 1 aliphatic heterocycles. The number of aromatic amines is 1. The minimum Gasteiger partial charge on any atom is -0.489 e. The fourth-order valence-corrected chi connectivity index (χ4v) is 10.1. The molecule has 2 aliphatic carbocycles. The van der Waals surface area contributed by atoms with Crippen molar-refractivity contribution in [3.8, 4) is 17.2 Å². The normalized spacial score (nSPS) is 21.1. The van der Waals surface area contributed by atoms with Gasteiger partial charge in [0.05, 0.1) is 32.6 Å². The van der Waals surface area contributed by atoms with Gasteiger partial charge in [0.25, 0.3) is 15.9 Å². The van der Waals surface area contributed by atoms with Gasteiger partial charge in [0.15, 0.2) is 0 Å². The summed E-state index contributed by atoms with van der Waals surface area (Å²) in [6.45, 7) is 10.7. The zero-order chi connectivity index (χ0) is 42.9. The largest absolute Gasteiger partial charge is 0.489 e. The summed E-state index contributed by atoms with van der Waals surface area (Å²) in [7, 11) is -4.40. The van der Waals surface area contributed by atoms with Crippen LogP contribution in [0.15, 0.2) is 95.5 Å². The van der Waals surface area contributed by atoms with Crippen LogP contribution >= 0.6 is 23.2 Å². The van der Waals surface area contributed by atoms with Gasteiger partial charge in [-0.15, -0.1) is 0 Å². The van der Waals surface area contributed by atoms with Gasteiger partial charge in [-0.3, -0.25) is 14.8 Å². The Morgan fingerprint density at radius 3 is 2.43 bits per heavy atom. The van der Waals surface area contributed by atoms with E-state index in [0.717, 1.165) is 81.1 Å². The summed E-state index contributed by atoms with van der Waals surface area (Å²) in [6.07, 6.45) is 7.22. The number of fused-ring (bicyclic) bond motifs is 1. The fraction of sp³-hybridized carbons (Fsp3) is 0.404. The summed E-state index contributed by atoms with van der Waals surface area (Å²) < 4.78 is 57.0. The molecule has 4 aromatic carbocycles. The molecule has 0 bridgehead atoms. The number of anilines is 1. The Bertz CT molecular complexity index is 2550. The van der Waals surface area contributed by atoms with Crippen LogP contribution < -0.4 is 19.1 Å². The number of hydrogen-bond acceptors (Lipinski definition) is 8. The number of allylic oxidation sites excluding steroid dienone is 1. The second-order valence-corrected chi connectivity index (χ2v) is 20.2. The summed E-state index contributed by atoms with van der Waals surface area (Å²) in [5, 5.41) is 8.51. The van der Waals surface area contributed by atoms with Crippen molar-refractivity contribution in [2.45, 2.75) is 76.3 Å². The summed E-state index contributed by atoms with van der Waals surface area (Å²) in [5.74, 6) is 0.391. The molecular formula is C47H52Cl2FN5O5S. The summed E-state index contributed by atoms with van der Waals surface area (Å²) >= 11 is 12.7. The Kier molecular flexibility index (Phi) is 12.4. The van der Waals surface area contributed by atoms with E-state index in [9.17, 15) is 13.2 Å². The molecule has 0 atom stereocenters. The molecule has 1 saturated heterocycles. The van der Waals surface area contributed by atoms with Gasteiger partial charge < -0.3 is 14.4 Å². The molecule has 2 heterocycles. The monoisotopic (exact) mass is 887 g/mol. The quantitative estimate of drug-likeness (QED) is 0.127. The molecule has 1 saturated carbocycles. The molecule has 8 rings (SSSR count). The second-order valence-electron chi connectivity index (χ2n) is 17.7. The number of rotatable bonds is 12. The highest BCUT2D eigenvalue weighted by molar-refractivity contribution is 7.90. The molecule has 0 unspecified atom stereocenters. The number of carbonyl (C=O) groups is 1. The Morgan fingerprint density at radius 2 is 1.69 bits per heavy atom. The Hall–Kier alpha value is -4.62. The van der Waals surface area contributed by atoms with Crippen molar-refractivity contribution in [1.82, 2.24) is 19.8 Å². The van der Waals surface area contributed by atoms with E-state index in [4.69, 9.17) is 32.7 Å². The van der Waals surface area contributed by atoms with E-state index in [-0.39, 0.29) is 39.0 Å². The van der Waals surface area contributed by atoms with E-state index in [1.807, 2.05) is 30.3 Å². The van der Waals surface area contributed by atoms with Crippen molar-refractivity contribution < 1.29 is 27.1 Å². The number of ether oxygens (including phenoxy) is 2. The van der Waals surface area contributed by atoms with Crippen molar-refractivity contribution in [1.29, 1.82) is 0 Å². The van der Waals surface area contributed by atoms with Gasteiger partial charge in [-0.2, -0.15) is 5.10 Å². The SMILES string of the molecule is CC1CCC(F)(COc2ccc(S(=O)(=O)NC(=O)c3ccc(N4CCN(CC5=C(c6ccc(Cl)cc6)CC(C)(C)CC5)CC4)cc3Oc3cccc4[nH]ncc34)cc2Cl)CC1. The maximum absolute atomic E-state index is 15.3. The average molecular weight is 889 g/mol. The van der Waals surface area contributed by atoms with Crippen LogP contribution in [-0.2, 0) is 10.0 Å². The molecule has 2 fully saturated rings. The first kappa shape index (κ1) is 43.0. The van der Waals surface area contributed by atoms with E-state index in [0.29, 0.717) is 29.9 Å². The van der Waals surface area contributed by atoms with E-state index in [2.05, 4.69) is 57.6 Å². The lowest BCUT2D eigenvalue weighted by Crippen LogP contribution is -2.47. The maximum Gasteiger partial charge on any atom is 0.268 e. The topological polar surface area (TPSA) is 117 Å². The van der Waals surface area contributed by atoms with Crippen LogP contribution in [0.1, 0.15) is 81.6 Å². The molecule has 0 radical (unpaired) electrons. The van der Waals surface area contributed by atoms with Crippen LogP contribution in [0.5, 0.6) is 17.2 Å². The highest BCUT2D eigenvalue weighted by Crippen LogP contribution is 2.44. The predicted molar refractivity (Wildman–Crippen MR) is 240 cm³/mol. The van der Waals surface area contributed by atoms with E-state index >= 15 is 4.39 Å². The third-order valence-corrected chi connectivity index (χ3v) is 14.4. The van der Waals surface area contributed by atoms with Crippen molar-refractivity contribution in [3.63, 3.8) is 0 Å². The van der Waals surface area contributed by atoms with Crippen molar-refractivity contribution >= 4 is 61.3 Å². The molecule has 5 aromatic rings. The average Bonchev–Trinajstić information content (AvgIpc) is 3.73. The fourth-order valence-electron chi connectivity index (χ4n) is 8.66. The lowest BCUT2D eigenvalue weighted by atomic mass is 9.72. The highest BCUT2D eigenvalue weighted by Gasteiger charge is 2.35. The molecule has 2 N–H and O–H groups in total. The third kappa shape index (κ3) is 10.0. The zero-order valence-electron chi connectivity index (χ0n) is 34.8. The van der Waals surface area contributed by atoms with Gasteiger partial charge in [-0.1, -0.05) is 67.7 Å². The number of alkyl halides is 1. The minimum absolute atomic E-state index is 0.00816. The highest BCUT2D eigenvalue weighted by atomic mass is 35.5. The van der Waals surface area contributed by atoms with Gasteiger partial charge in [-0.05, 0) is 122 Å². The van der Waals surface area contributed by atoms with Crippen molar-refractivity contribution in [2.75, 3.05) is 44.2 Å². The first-order valence-corrected chi connectivity index (χ1v) is 23.2. The molecule has 322 valence electrons. The lowest BCUT2D eigenvalue weighted by Gasteiger charge is -2.39. The number of carbonyl (C=O) groups excluding carboxylic acids is 1. The zero-order valence-corrected chi connectivity index (χ0v) is 37.1. The number of nitrogens with one attached hydrogen (secondary N) is 2. The van der Waals surface area contributed by atoms with E-state index < -0.39 is 21.6 Å². The lowest BCUT2D eigenvalue weighted by molar-refractivity contribution is 0.0351. The number of sulfonamides is 1. The number of hydrogen-bond donors (Lipinski definition) is 2. The molecule has 61 heavy (non-hydrogen) atoms. The number of amides is 1. The molecule has 3 aliphatic rings. The summed E-state index contributed by atoms with van der Waals surface area (Å²) in [5.41, 5.74) is 4.52. The molecule has 0 spiro atoms.